The van der Waals surface area contributed by atoms with E-state index in [4.69, 9.17) is 0 Å². The minimum Gasteiger partial charge on any atom is -0.335 e. The first-order chi connectivity index (χ1) is 9.46. The van der Waals surface area contributed by atoms with Crippen LogP contribution in [0.1, 0.15) is 38.5 Å². The molecule has 0 aromatic carbocycles. The van der Waals surface area contributed by atoms with Crippen LogP contribution >= 0.6 is 0 Å². The van der Waals surface area contributed by atoms with Crippen LogP contribution in [0.5, 0.6) is 0 Å². The number of carbonyl (C=O) groups is 1. The van der Waals surface area contributed by atoms with Gasteiger partial charge in [0.15, 0.2) is 0 Å². The molecule has 0 radical (unpaired) electrons. The van der Waals surface area contributed by atoms with E-state index in [1.165, 1.54) is 0 Å². The highest BCUT2D eigenvalue weighted by Crippen LogP contribution is 2.23. The van der Waals surface area contributed by atoms with Gasteiger partial charge in [-0.2, -0.15) is 13.2 Å². The summed E-state index contributed by atoms with van der Waals surface area (Å²) in [6.45, 7) is 0.168. The fourth-order valence-electron chi connectivity index (χ4n) is 3.01. The maximum Gasteiger partial charge on any atom is 0.406 e. The Bertz CT molecular complexity index is 323. The largest absolute Gasteiger partial charge is 0.406 e. The highest BCUT2D eigenvalue weighted by molar-refractivity contribution is 5.75. The van der Waals surface area contributed by atoms with Gasteiger partial charge in [-0.25, -0.2) is 4.79 Å². The summed E-state index contributed by atoms with van der Waals surface area (Å²) in [6.07, 6.45) is 0.630. The molecule has 20 heavy (non-hydrogen) atoms. The third-order valence-electron chi connectivity index (χ3n) is 4.04. The Balaban J connectivity index is 1.97. The van der Waals surface area contributed by atoms with Crippen molar-refractivity contribution in [2.24, 2.45) is 0 Å². The minimum atomic E-state index is -4.35. The molecule has 1 aliphatic carbocycles. The molecule has 2 fully saturated rings. The van der Waals surface area contributed by atoms with Crippen LogP contribution in [-0.2, 0) is 0 Å². The highest BCUT2D eigenvalue weighted by Gasteiger charge is 2.37. The topological polar surface area (TPSA) is 44.4 Å². The van der Waals surface area contributed by atoms with E-state index in [2.05, 4.69) is 10.6 Å². The first kappa shape index (κ1) is 15.4. The number of piperidine rings is 1. The lowest BCUT2D eigenvalue weighted by Crippen LogP contribution is -2.54. The van der Waals surface area contributed by atoms with Crippen LogP contribution in [0.15, 0.2) is 0 Å². The molecule has 2 rings (SSSR count). The van der Waals surface area contributed by atoms with Crippen molar-refractivity contribution in [3.63, 3.8) is 0 Å². The van der Waals surface area contributed by atoms with Crippen LogP contribution in [0.25, 0.3) is 0 Å². The van der Waals surface area contributed by atoms with Gasteiger partial charge in [0, 0.05) is 12.1 Å². The van der Waals surface area contributed by atoms with E-state index in [1.807, 2.05) is 0 Å². The van der Waals surface area contributed by atoms with Crippen LogP contribution in [0.3, 0.4) is 0 Å². The van der Waals surface area contributed by atoms with Crippen LogP contribution in [0, 0.1) is 0 Å². The van der Waals surface area contributed by atoms with Gasteiger partial charge >= 0.3 is 12.2 Å². The Morgan fingerprint density at radius 2 is 1.75 bits per heavy atom. The molecule has 0 unspecified atom stereocenters. The molecule has 0 bridgehead atoms. The summed E-state index contributed by atoms with van der Waals surface area (Å²) in [4.78, 5) is 13.2. The molecule has 0 atom stereocenters. The number of halogens is 3. The summed E-state index contributed by atoms with van der Waals surface area (Å²) in [7, 11) is 0. The van der Waals surface area contributed by atoms with Crippen molar-refractivity contribution in [1.82, 2.24) is 15.5 Å². The fraction of sp³-hybridized carbons (Fsp3) is 0.923. The van der Waals surface area contributed by atoms with Gasteiger partial charge in [-0.3, -0.25) is 0 Å². The van der Waals surface area contributed by atoms with Crippen molar-refractivity contribution in [3.8, 4) is 0 Å². The van der Waals surface area contributed by atoms with Gasteiger partial charge in [-0.1, -0.05) is 12.8 Å². The van der Waals surface area contributed by atoms with Crippen LogP contribution in [0.2, 0.25) is 0 Å². The summed E-state index contributed by atoms with van der Waals surface area (Å²) in [6, 6.07) is -0.833. The zero-order valence-electron chi connectivity index (χ0n) is 11.5. The van der Waals surface area contributed by atoms with E-state index in [0.29, 0.717) is 25.9 Å². The van der Waals surface area contributed by atoms with Gasteiger partial charge in [0.1, 0.15) is 6.54 Å². The van der Waals surface area contributed by atoms with Gasteiger partial charge in [-0.05, 0) is 38.8 Å². The third kappa shape index (κ3) is 4.54. The number of nitrogens with zero attached hydrogens (tertiary/aromatic N) is 1. The van der Waals surface area contributed by atoms with E-state index in [1.54, 1.807) is 0 Å². The number of rotatable bonds is 3. The average Bonchev–Trinajstić information content (AvgIpc) is 2.89. The average molecular weight is 293 g/mol. The smallest absolute Gasteiger partial charge is 0.335 e. The molecule has 2 aliphatic rings. The number of urea groups is 1. The van der Waals surface area contributed by atoms with Crippen LogP contribution in [-0.4, -0.2) is 48.8 Å². The van der Waals surface area contributed by atoms with Crippen molar-refractivity contribution in [3.05, 3.63) is 0 Å². The second kappa shape index (κ2) is 6.65. The number of hydrogen-bond donors (Lipinski definition) is 2. The first-order valence-corrected chi connectivity index (χ1v) is 7.30. The Labute approximate surface area is 117 Å². The molecular formula is C13H22F3N3O. The van der Waals surface area contributed by atoms with Crippen molar-refractivity contribution >= 4 is 6.03 Å². The standard InChI is InChI=1S/C13H22F3N3O/c14-13(15,16)9-19(11-5-7-17-8-6-11)12(20)18-10-3-1-2-4-10/h10-11,17H,1-9H2,(H,18,20). The van der Waals surface area contributed by atoms with Crippen molar-refractivity contribution in [2.75, 3.05) is 19.6 Å². The molecule has 1 saturated carbocycles. The predicted molar refractivity (Wildman–Crippen MR) is 69.4 cm³/mol. The van der Waals surface area contributed by atoms with Crippen LogP contribution < -0.4 is 10.6 Å². The van der Waals surface area contributed by atoms with Gasteiger partial charge in [-0.15, -0.1) is 0 Å². The molecule has 1 saturated heterocycles. The number of amides is 2. The monoisotopic (exact) mass is 293 g/mol. The molecule has 0 aromatic rings. The van der Waals surface area contributed by atoms with Crippen molar-refractivity contribution in [1.29, 1.82) is 0 Å². The molecule has 1 heterocycles. The number of alkyl halides is 3. The van der Waals surface area contributed by atoms with Crippen molar-refractivity contribution < 1.29 is 18.0 Å². The molecule has 1 aliphatic heterocycles. The summed E-state index contributed by atoms with van der Waals surface area (Å²) in [5.41, 5.74) is 0. The second-order valence-electron chi connectivity index (χ2n) is 5.66. The van der Waals surface area contributed by atoms with E-state index in [9.17, 15) is 18.0 Å². The van der Waals surface area contributed by atoms with Gasteiger partial charge in [0.2, 0.25) is 0 Å². The lowest BCUT2D eigenvalue weighted by Gasteiger charge is -2.35. The normalized spacial score (nSPS) is 21.9. The quantitative estimate of drug-likeness (QED) is 0.838. The van der Waals surface area contributed by atoms with Gasteiger partial charge < -0.3 is 15.5 Å². The summed E-state index contributed by atoms with van der Waals surface area (Å²) >= 11 is 0. The van der Waals surface area contributed by atoms with E-state index in [0.717, 1.165) is 30.6 Å². The Morgan fingerprint density at radius 3 is 2.30 bits per heavy atom. The zero-order valence-corrected chi connectivity index (χ0v) is 11.5. The first-order valence-electron chi connectivity index (χ1n) is 7.30. The summed E-state index contributed by atoms with van der Waals surface area (Å²) < 4.78 is 38.1. The molecule has 0 spiro atoms. The molecule has 4 nitrogen and oxygen atoms in total. The Hall–Kier alpha value is -0.980. The molecule has 2 amide bonds. The minimum absolute atomic E-state index is 0.0416. The lowest BCUT2D eigenvalue weighted by atomic mass is 10.1. The SMILES string of the molecule is O=C(NC1CCCC1)N(CC(F)(F)F)C1CCNCC1. The van der Waals surface area contributed by atoms with E-state index in [-0.39, 0.29) is 12.1 Å². The van der Waals surface area contributed by atoms with E-state index >= 15 is 0 Å². The maximum atomic E-state index is 12.7. The second-order valence-corrected chi connectivity index (χ2v) is 5.66. The highest BCUT2D eigenvalue weighted by atomic mass is 19.4. The fourth-order valence-corrected chi connectivity index (χ4v) is 3.01. The van der Waals surface area contributed by atoms with E-state index < -0.39 is 18.8 Å². The maximum absolute atomic E-state index is 12.7. The molecular weight excluding hydrogens is 271 g/mol. The van der Waals surface area contributed by atoms with Crippen LogP contribution in [0.4, 0.5) is 18.0 Å². The summed E-state index contributed by atoms with van der Waals surface area (Å²) in [5.74, 6) is 0. The molecule has 7 heteroatoms. The number of carbonyl (C=O) groups excluding carboxylic acids is 1. The number of nitrogens with one attached hydrogen (secondary N) is 2. The number of hydrogen-bond acceptors (Lipinski definition) is 2. The third-order valence-corrected chi connectivity index (χ3v) is 4.04. The lowest BCUT2D eigenvalue weighted by molar-refractivity contribution is -0.144. The molecule has 2 N–H and O–H groups in total. The molecule has 0 aromatic heterocycles. The summed E-state index contributed by atoms with van der Waals surface area (Å²) in [5, 5.41) is 5.87. The van der Waals surface area contributed by atoms with Gasteiger partial charge in [0.05, 0.1) is 0 Å². The zero-order chi connectivity index (χ0) is 14.6. The molecule has 116 valence electrons. The Morgan fingerprint density at radius 1 is 1.15 bits per heavy atom. The predicted octanol–water partition coefficient (Wildman–Crippen LogP) is 2.25. The Kier molecular flexibility index (Phi) is 5.12. The van der Waals surface area contributed by atoms with Crippen molar-refractivity contribution in [2.45, 2.75) is 56.8 Å². The van der Waals surface area contributed by atoms with Gasteiger partial charge in [0.25, 0.3) is 0 Å².